The molecule has 0 aromatic heterocycles. The fourth-order valence-corrected chi connectivity index (χ4v) is 2.03. The maximum atomic E-state index is 10.5. The van der Waals surface area contributed by atoms with Crippen molar-refractivity contribution < 1.29 is 22.5 Å². The van der Waals surface area contributed by atoms with Crippen LogP contribution in [-0.4, -0.2) is 6.29 Å². The molecular weight excluding hydrogens is 178 g/mol. The minimum atomic E-state index is -2.23. The fourth-order valence-electron chi connectivity index (χ4n) is 0.453. The molecule has 1 saturated heterocycles. The van der Waals surface area contributed by atoms with Crippen LogP contribution in [-0.2, 0) is 22.5 Å². The van der Waals surface area contributed by atoms with Crippen LogP contribution in [0.2, 0.25) is 0 Å². The molecule has 0 N–H and O–H groups in total. The van der Waals surface area contributed by atoms with Crippen molar-refractivity contribution in [3.63, 3.8) is 0 Å². The van der Waals surface area contributed by atoms with Gasteiger partial charge >= 0.3 is 16.5 Å². The van der Waals surface area contributed by atoms with Crippen LogP contribution >= 0.6 is 16.5 Å². The first-order valence-corrected chi connectivity index (χ1v) is 4.87. The Morgan fingerprint density at radius 2 is 1.80 bits per heavy atom. The Morgan fingerprint density at radius 1 is 1.30 bits per heavy atom. The van der Waals surface area contributed by atoms with Gasteiger partial charge in [-0.15, -0.1) is 0 Å². The Hall–Kier alpha value is 0.0800. The van der Waals surface area contributed by atoms with Crippen LogP contribution in [0, 0.1) is 0 Å². The summed E-state index contributed by atoms with van der Waals surface area (Å²) < 4.78 is 34.3. The molecule has 1 aliphatic rings. The van der Waals surface area contributed by atoms with E-state index in [2.05, 4.69) is 13.4 Å². The number of rotatable bonds is 1. The molecule has 2 atom stereocenters. The van der Waals surface area contributed by atoms with E-state index >= 15 is 0 Å². The zero-order chi connectivity index (χ0) is 7.56. The van der Waals surface area contributed by atoms with Gasteiger partial charge < -0.3 is 0 Å². The highest BCUT2D eigenvalue weighted by molar-refractivity contribution is 7.48. The van der Waals surface area contributed by atoms with Crippen molar-refractivity contribution in [3.05, 3.63) is 0 Å². The Balaban J connectivity index is 2.50. The lowest BCUT2D eigenvalue weighted by Gasteiger charge is -1.99. The van der Waals surface area contributed by atoms with Crippen LogP contribution in [0.1, 0.15) is 13.3 Å². The smallest absolute Gasteiger partial charge is 0.0789 e. The summed E-state index contributed by atoms with van der Waals surface area (Å²) in [7, 11) is -4.47. The molecule has 0 spiro atoms. The molecule has 1 fully saturated rings. The van der Waals surface area contributed by atoms with Gasteiger partial charge in [0, 0.05) is 15.6 Å². The fraction of sp³-hybridized carbons (Fsp3) is 1.00. The minimum Gasteiger partial charge on any atom is -0.0789 e. The molecule has 1 rings (SSSR count). The molecular formula is C3H6O5P2+2. The zero-order valence-corrected chi connectivity index (χ0v) is 7.01. The van der Waals surface area contributed by atoms with Crippen LogP contribution in [0.3, 0.4) is 0 Å². The van der Waals surface area contributed by atoms with E-state index in [1.54, 1.807) is 6.92 Å². The molecule has 1 heterocycles. The van der Waals surface area contributed by atoms with Gasteiger partial charge in [-0.05, 0) is 0 Å². The second-order valence-electron chi connectivity index (χ2n) is 1.58. The molecule has 56 valence electrons. The lowest BCUT2D eigenvalue weighted by molar-refractivity contribution is -0.0171. The van der Waals surface area contributed by atoms with Gasteiger partial charge in [0.2, 0.25) is 0 Å². The van der Waals surface area contributed by atoms with Gasteiger partial charge in [-0.1, -0.05) is 16.0 Å². The maximum absolute atomic E-state index is 10.5. The van der Waals surface area contributed by atoms with E-state index in [0.29, 0.717) is 6.42 Å². The predicted molar refractivity (Wildman–Crippen MR) is 32.5 cm³/mol. The van der Waals surface area contributed by atoms with Crippen LogP contribution < -0.4 is 0 Å². The number of hydrogen-bond acceptors (Lipinski definition) is 5. The largest absolute Gasteiger partial charge is 0.750 e. The Labute approximate surface area is 59.6 Å². The van der Waals surface area contributed by atoms with Gasteiger partial charge in [0.15, 0.2) is 4.31 Å². The molecule has 5 nitrogen and oxygen atoms in total. The molecule has 1 aliphatic heterocycles. The van der Waals surface area contributed by atoms with Gasteiger partial charge in [0.25, 0.3) is 6.29 Å². The zero-order valence-electron chi connectivity index (χ0n) is 5.22. The average Bonchev–Trinajstić information content (AvgIpc) is 1.85. The van der Waals surface area contributed by atoms with E-state index in [1.165, 1.54) is 0 Å². The van der Waals surface area contributed by atoms with Crippen LogP contribution in [0.5, 0.6) is 0 Å². The molecule has 0 aromatic carbocycles. The van der Waals surface area contributed by atoms with Crippen molar-refractivity contribution in [2.75, 3.05) is 0 Å². The minimum absolute atomic E-state index is 0.505. The summed E-state index contributed by atoms with van der Waals surface area (Å²) >= 11 is 0. The van der Waals surface area contributed by atoms with Crippen LogP contribution in [0.25, 0.3) is 0 Å². The van der Waals surface area contributed by atoms with E-state index in [9.17, 15) is 9.13 Å². The van der Waals surface area contributed by atoms with Gasteiger partial charge in [-0.25, -0.2) is 0 Å². The number of hydrogen-bond donors (Lipinski definition) is 0. The second-order valence-corrected chi connectivity index (χ2v) is 3.55. The Bertz CT molecular complexity index is 152. The van der Waals surface area contributed by atoms with Gasteiger partial charge in [-0.2, -0.15) is 0 Å². The van der Waals surface area contributed by atoms with Crippen LogP contribution in [0.4, 0.5) is 0 Å². The highest BCUT2D eigenvalue weighted by Crippen LogP contribution is 2.47. The van der Waals surface area contributed by atoms with E-state index < -0.39 is 22.8 Å². The molecule has 10 heavy (non-hydrogen) atoms. The lowest BCUT2D eigenvalue weighted by Crippen LogP contribution is -2.11. The summed E-state index contributed by atoms with van der Waals surface area (Å²) in [6, 6.07) is 0. The average molecular weight is 184 g/mol. The molecule has 0 aromatic rings. The Morgan fingerprint density at radius 3 is 2.20 bits per heavy atom. The van der Waals surface area contributed by atoms with E-state index in [1.807, 2.05) is 0 Å². The van der Waals surface area contributed by atoms with Crippen LogP contribution in [0.15, 0.2) is 0 Å². The van der Waals surface area contributed by atoms with Crippen molar-refractivity contribution in [1.82, 2.24) is 0 Å². The van der Waals surface area contributed by atoms with E-state index in [0.717, 1.165) is 0 Å². The molecule has 0 saturated carbocycles. The Kier molecular flexibility index (Phi) is 2.83. The SMILES string of the molecule is CCC1O[P+](=O)O[P+](=O)O1. The van der Waals surface area contributed by atoms with Crippen molar-refractivity contribution in [1.29, 1.82) is 0 Å². The van der Waals surface area contributed by atoms with Crippen molar-refractivity contribution >= 4 is 16.5 Å². The summed E-state index contributed by atoms with van der Waals surface area (Å²) in [5, 5.41) is 0. The molecule has 0 radical (unpaired) electrons. The molecule has 7 heteroatoms. The van der Waals surface area contributed by atoms with Gasteiger partial charge in [0.05, 0.1) is 0 Å². The van der Waals surface area contributed by atoms with E-state index in [-0.39, 0.29) is 0 Å². The van der Waals surface area contributed by atoms with Gasteiger partial charge in [0.1, 0.15) is 0 Å². The third-order valence-corrected chi connectivity index (χ3v) is 2.76. The first kappa shape index (κ1) is 8.18. The normalized spacial score (nSPS) is 34.3. The topological polar surface area (TPSA) is 61.8 Å². The maximum Gasteiger partial charge on any atom is 0.750 e. The molecule has 0 aliphatic carbocycles. The second kappa shape index (κ2) is 3.46. The van der Waals surface area contributed by atoms with Crippen molar-refractivity contribution in [2.24, 2.45) is 0 Å². The highest BCUT2D eigenvalue weighted by Gasteiger charge is 2.51. The lowest BCUT2D eigenvalue weighted by atomic mass is 10.5. The summed E-state index contributed by atoms with van der Waals surface area (Å²) in [4.78, 5) is 0. The quantitative estimate of drug-likeness (QED) is 0.584. The molecule has 2 unspecified atom stereocenters. The summed E-state index contributed by atoms with van der Waals surface area (Å²) in [6.45, 7) is 1.77. The monoisotopic (exact) mass is 184 g/mol. The third-order valence-electron chi connectivity index (χ3n) is 0.874. The highest BCUT2D eigenvalue weighted by atomic mass is 31.2. The standard InChI is InChI=1S/C3H6O5P2/c1-2-3-6-9(4)8-10(5)7-3/h3H,2H2,1H3/q+2. The summed E-state index contributed by atoms with van der Waals surface area (Å²) in [5.74, 6) is 0. The third kappa shape index (κ3) is 2.04. The van der Waals surface area contributed by atoms with E-state index in [4.69, 9.17) is 0 Å². The molecule has 0 amide bonds. The first-order valence-electron chi connectivity index (χ1n) is 2.68. The van der Waals surface area contributed by atoms with Crippen molar-refractivity contribution in [2.45, 2.75) is 19.6 Å². The first-order chi connectivity index (χ1) is 4.72. The van der Waals surface area contributed by atoms with Crippen molar-refractivity contribution in [3.8, 4) is 0 Å². The predicted octanol–water partition coefficient (Wildman–Crippen LogP) is 2.10. The van der Waals surface area contributed by atoms with Gasteiger partial charge in [-0.3, -0.25) is 0 Å². The summed E-state index contributed by atoms with van der Waals surface area (Å²) in [6.07, 6.45) is -0.146. The summed E-state index contributed by atoms with van der Waals surface area (Å²) in [5.41, 5.74) is 0. The molecule has 0 bridgehead atoms.